The van der Waals surface area contributed by atoms with Gasteiger partial charge in [-0.1, -0.05) is 6.92 Å². The summed E-state index contributed by atoms with van der Waals surface area (Å²) >= 11 is 0. The molecule has 0 spiro atoms. The van der Waals surface area contributed by atoms with Crippen LogP contribution in [0.3, 0.4) is 0 Å². The number of hydrogen-bond acceptors (Lipinski definition) is 2. The Bertz CT molecular complexity index is 314. The van der Waals surface area contributed by atoms with Gasteiger partial charge in [0.1, 0.15) is 0 Å². The van der Waals surface area contributed by atoms with Crippen molar-refractivity contribution in [2.75, 3.05) is 6.54 Å². The normalized spacial score (nSPS) is 20.8. The highest BCUT2D eigenvalue weighted by atomic mass is 15.2. The van der Waals surface area contributed by atoms with Crippen molar-refractivity contribution >= 4 is 0 Å². The lowest BCUT2D eigenvalue weighted by Gasteiger charge is -2.27. The second kappa shape index (κ2) is 3.39. The second-order valence-electron chi connectivity index (χ2n) is 4.83. The van der Waals surface area contributed by atoms with E-state index in [9.17, 15) is 0 Å². The van der Waals surface area contributed by atoms with Crippen molar-refractivity contribution in [3.63, 3.8) is 0 Å². The molecule has 14 heavy (non-hydrogen) atoms. The number of nitrogens with zero attached hydrogens (tertiary/aromatic N) is 2. The predicted molar refractivity (Wildman–Crippen MR) is 56.8 cm³/mol. The van der Waals surface area contributed by atoms with E-state index in [1.165, 1.54) is 18.4 Å². The minimum Gasteiger partial charge on any atom is -0.330 e. The molecule has 0 amide bonds. The summed E-state index contributed by atoms with van der Waals surface area (Å²) in [6.07, 6.45) is 7.83. The van der Waals surface area contributed by atoms with Crippen LogP contribution in [0, 0.1) is 11.3 Å². The molecule has 1 aliphatic rings. The molecule has 0 saturated heterocycles. The highest BCUT2D eigenvalue weighted by molar-refractivity contribution is 5.09. The summed E-state index contributed by atoms with van der Waals surface area (Å²) in [5, 5.41) is 4.19. The average Bonchev–Trinajstić information content (AvgIpc) is 2.93. The van der Waals surface area contributed by atoms with E-state index in [-0.39, 0.29) is 0 Å². The molecule has 1 aromatic heterocycles. The first-order valence-electron chi connectivity index (χ1n) is 5.32. The molecule has 0 radical (unpaired) electrons. The SMILES string of the molecule is Cn1cc(CC(C)(CN)C2CC2)cn1. The van der Waals surface area contributed by atoms with Crippen LogP contribution in [0.4, 0.5) is 0 Å². The van der Waals surface area contributed by atoms with Gasteiger partial charge >= 0.3 is 0 Å². The smallest absolute Gasteiger partial charge is 0.0521 e. The summed E-state index contributed by atoms with van der Waals surface area (Å²) in [7, 11) is 1.96. The van der Waals surface area contributed by atoms with E-state index in [0.717, 1.165) is 18.9 Å². The average molecular weight is 193 g/mol. The van der Waals surface area contributed by atoms with Crippen molar-refractivity contribution in [1.29, 1.82) is 0 Å². The van der Waals surface area contributed by atoms with Crippen LogP contribution in [0.1, 0.15) is 25.3 Å². The fraction of sp³-hybridized carbons (Fsp3) is 0.727. The van der Waals surface area contributed by atoms with Gasteiger partial charge in [-0.15, -0.1) is 0 Å². The van der Waals surface area contributed by atoms with E-state index < -0.39 is 0 Å². The molecule has 1 saturated carbocycles. The van der Waals surface area contributed by atoms with Gasteiger partial charge in [0.15, 0.2) is 0 Å². The van der Waals surface area contributed by atoms with Gasteiger partial charge in [-0.2, -0.15) is 5.10 Å². The number of nitrogens with two attached hydrogens (primary N) is 1. The van der Waals surface area contributed by atoms with Gasteiger partial charge in [0.05, 0.1) is 6.20 Å². The first-order valence-corrected chi connectivity index (χ1v) is 5.32. The zero-order valence-corrected chi connectivity index (χ0v) is 9.03. The van der Waals surface area contributed by atoms with Crippen molar-refractivity contribution in [3.05, 3.63) is 18.0 Å². The summed E-state index contributed by atoms with van der Waals surface area (Å²) in [6, 6.07) is 0. The molecular weight excluding hydrogens is 174 g/mol. The Balaban J connectivity index is 2.07. The topological polar surface area (TPSA) is 43.8 Å². The largest absolute Gasteiger partial charge is 0.330 e. The fourth-order valence-electron chi connectivity index (χ4n) is 2.19. The minimum absolute atomic E-state index is 0.295. The van der Waals surface area contributed by atoms with E-state index in [2.05, 4.69) is 18.2 Å². The molecule has 0 bridgehead atoms. The van der Waals surface area contributed by atoms with Gasteiger partial charge in [0.25, 0.3) is 0 Å². The number of aromatic nitrogens is 2. The number of hydrogen-bond donors (Lipinski definition) is 1. The summed E-state index contributed by atoms with van der Waals surface area (Å²) in [4.78, 5) is 0. The first kappa shape index (κ1) is 9.71. The van der Waals surface area contributed by atoms with Crippen LogP contribution in [0.15, 0.2) is 12.4 Å². The van der Waals surface area contributed by atoms with Gasteiger partial charge in [0.2, 0.25) is 0 Å². The molecule has 1 aliphatic carbocycles. The number of aryl methyl sites for hydroxylation is 1. The predicted octanol–water partition coefficient (Wildman–Crippen LogP) is 1.34. The van der Waals surface area contributed by atoms with Crippen LogP contribution < -0.4 is 5.73 Å². The molecule has 3 nitrogen and oxygen atoms in total. The standard InChI is InChI=1S/C11H19N3/c1-11(8-12,10-3-4-10)5-9-6-13-14(2)7-9/h6-7,10H,3-5,8,12H2,1-2H3. The van der Waals surface area contributed by atoms with Gasteiger partial charge in [0, 0.05) is 13.2 Å². The lowest BCUT2D eigenvalue weighted by Crippen LogP contribution is -2.31. The molecule has 3 heteroatoms. The zero-order chi connectivity index (χ0) is 10.2. The lowest BCUT2D eigenvalue weighted by molar-refractivity contribution is 0.281. The van der Waals surface area contributed by atoms with Crippen LogP contribution in [-0.2, 0) is 13.5 Å². The molecule has 0 aromatic carbocycles. The Kier molecular flexibility index (Phi) is 2.35. The third-order valence-corrected chi connectivity index (χ3v) is 3.40. The molecule has 1 atom stereocenters. The first-order chi connectivity index (χ1) is 6.64. The molecule has 1 fully saturated rings. The molecule has 1 unspecified atom stereocenters. The van der Waals surface area contributed by atoms with Crippen LogP contribution in [0.5, 0.6) is 0 Å². The zero-order valence-electron chi connectivity index (χ0n) is 9.03. The van der Waals surface area contributed by atoms with Crippen molar-refractivity contribution in [1.82, 2.24) is 9.78 Å². The Morgan fingerprint density at radius 3 is 2.79 bits per heavy atom. The van der Waals surface area contributed by atoms with Crippen molar-refractivity contribution in [2.24, 2.45) is 24.1 Å². The highest BCUT2D eigenvalue weighted by Crippen LogP contribution is 2.46. The molecule has 2 rings (SSSR count). The van der Waals surface area contributed by atoms with E-state index in [1.54, 1.807) is 0 Å². The molecule has 1 aromatic rings. The minimum atomic E-state index is 0.295. The Labute approximate surface area is 85.3 Å². The molecule has 78 valence electrons. The van der Waals surface area contributed by atoms with E-state index >= 15 is 0 Å². The molecule has 0 aliphatic heterocycles. The van der Waals surface area contributed by atoms with Crippen LogP contribution in [0.2, 0.25) is 0 Å². The quantitative estimate of drug-likeness (QED) is 0.784. The van der Waals surface area contributed by atoms with Gasteiger partial charge < -0.3 is 5.73 Å². The van der Waals surface area contributed by atoms with Crippen LogP contribution in [-0.4, -0.2) is 16.3 Å². The maximum Gasteiger partial charge on any atom is 0.0521 e. The maximum absolute atomic E-state index is 5.88. The number of rotatable bonds is 4. The van der Waals surface area contributed by atoms with Gasteiger partial charge in [-0.3, -0.25) is 4.68 Å². The maximum atomic E-state index is 5.88. The third-order valence-electron chi connectivity index (χ3n) is 3.40. The van der Waals surface area contributed by atoms with Crippen LogP contribution >= 0.6 is 0 Å². The molecule has 1 heterocycles. The van der Waals surface area contributed by atoms with E-state index in [0.29, 0.717) is 5.41 Å². The lowest BCUT2D eigenvalue weighted by atomic mass is 9.80. The van der Waals surface area contributed by atoms with E-state index in [1.807, 2.05) is 17.9 Å². The molecular formula is C11H19N3. The fourth-order valence-corrected chi connectivity index (χ4v) is 2.19. The summed E-state index contributed by atoms with van der Waals surface area (Å²) in [5.74, 6) is 0.840. The highest BCUT2D eigenvalue weighted by Gasteiger charge is 2.40. The summed E-state index contributed by atoms with van der Waals surface area (Å²) in [6.45, 7) is 3.09. The Hall–Kier alpha value is -0.830. The monoisotopic (exact) mass is 193 g/mol. The Morgan fingerprint density at radius 1 is 1.64 bits per heavy atom. The third kappa shape index (κ3) is 1.82. The Morgan fingerprint density at radius 2 is 2.36 bits per heavy atom. The summed E-state index contributed by atoms with van der Waals surface area (Å²) < 4.78 is 1.86. The summed E-state index contributed by atoms with van der Waals surface area (Å²) in [5.41, 5.74) is 7.48. The van der Waals surface area contributed by atoms with Crippen LogP contribution in [0.25, 0.3) is 0 Å². The van der Waals surface area contributed by atoms with Crippen molar-refractivity contribution in [3.8, 4) is 0 Å². The van der Waals surface area contributed by atoms with Crippen molar-refractivity contribution in [2.45, 2.75) is 26.2 Å². The van der Waals surface area contributed by atoms with Gasteiger partial charge in [-0.05, 0) is 42.7 Å². The van der Waals surface area contributed by atoms with E-state index in [4.69, 9.17) is 5.73 Å². The van der Waals surface area contributed by atoms with Crippen molar-refractivity contribution < 1.29 is 0 Å². The van der Waals surface area contributed by atoms with Gasteiger partial charge in [-0.25, -0.2) is 0 Å². The molecule has 2 N–H and O–H groups in total. The second-order valence-corrected chi connectivity index (χ2v) is 4.83.